The van der Waals surface area contributed by atoms with E-state index >= 15 is 0 Å². The molecule has 0 aliphatic heterocycles. The van der Waals surface area contributed by atoms with Crippen molar-refractivity contribution in [2.24, 2.45) is 0 Å². The van der Waals surface area contributed by atoms with E-state index in [1.165, 1.54) is 0 Å². The van der Waals surface area contributed by atoms with Crippen LogP contribution in [0.15, 0.2) is 23.0 Å². The molecule has 2 heterocycles. The Kier molecular flexibility index (Phi) is 6.20. The molecule has 3 aromatic rings. The van der Waals surface area contributed by atoms with Gasteiger partial charge in [-0.1, -0.05) is 25.5 Å². The van der Waals surface area contributed by atoms with Gasteiger partial charge < -0.3 is 9.64 Å². The lowest BCUT2D eigenvalue weighted by Gasteiger charge is -2.19. The molecule has 3 rings (SSSR count). The highest BCUT2D eigenvalue weighted by atomic mass is 32.1. The highest BCUT2D eigenvalue weighted by molar-refractivity contribution is 7.19. The first-order valence-electron chi connectivity index (χ1n) is 9.79. The third-order valence-electron chi connectivity index (χ3n) is 5.34. The Labute approximate surface area is 170 Å². The SMILES string of the molecule is CCN(CC)CCn1c(C)nc2sc(C)c(-c3cc(C)ccc3OC)c2c1=O. The molecule has 2 aromatic heterocycles. The minimum Gasteiger partial charge on any atom is -0.496 e. The molecule has 6 heteroatoms. The first-order valence-corrected chi connectivity index (χ1v) is 10.6. The summed E-state index contributed by atoms with van der Waals surface area (Å²) >= 11 is 1.58. The van der Waals surface area contributed by atoms with Crippen molar-refractivity contribution in [1.29, 1.82) is 0 Å². The van der Waals surface area contributed by atoms with Crippen molar-refractivity contribution in [3.05, 3.63) is 44.8 Å². The average molecular weight is 400 g/mol. The number of hydrogen-bond acceptors (Lipinski definition) is 5. The van der Waals surface area contributed by atoms with Gasteiger partial charge in [0.1, 0.15) is 16.4 Å². The summed E-state index contributed by atoms with van der Waals surface area (Å²) in [5.74, 6) is 1.55. The maximum Gasteiger partial charge on any atom is 0.262 e. The second-order valence-electron chi connectivity index (χ2n) is 7.06. The molecule has 0 atom stereocenters. The molecule has 0 radical (unpaired) electrons. The van der Waals surface area contributed by atoms with Crippen LogP contribution in [0.25, 0.3) is 21.3 Å². The number of ether oxygens (including phenoxy) is 1. The third-order valence-corrected chi connectivity index (χ3v) is 6.34. The van der Waals surface area contributed by atoms with Gasteiger partial charge in [-0.3, -0.25) is 9.36 Å². The van der Waals surface area contributed by atoms with Crippen molar-refractivity contribution in [3.63, 3.8) is 0 Å². The van der Waals surface area contributed by atoms with E-state index in [-0.39, 0.29) is 5.56 Å². The topological polar surface area (TPSA) is 47.4 Å². The molecule has 0 fully saturated rings. The largest absolute Gasteiger partial charge is 0.496 e. The maximum absolute atomic E-state index is 13.5. The highest BCUT2D eigenvalue weighted by Gasteiger charge is 2.21. The van der Waals surface area contributed by atoms with Crippen LogP contribution in [-0.4, -0.2) is 41.2 Å². The van der Waals surface area contributed by atoms with Crippen molar-refractivity contribution in [2.75, 3.05) is 26.7 Å². The van der Waals surface area contributed by atoms with Crippen molar-refractivity contribution >= 4 is 21.6 Å². The van der Waals surface area contributed by atoms with Crippen LogP contribution < -0.4 is 10.3 Å². The minimum absolute atomic E-state index is 0.0394. The van der Waals surface area contributed by atoms with E-state index in [0.717, 1.165) is 57.6 Å². The quantitative estimate of drug-likeness (QED) is 0.591. The lowest BCUT2D eigenvalue weighted by atomic mass is 10.0. The van der Waals surface area contributed by atoms with Gasteiger partial charge in [-0.15, -0.1) is 11.3 Å². The van der Waals surface area contributed by atoms with Gasteiger partial charge in [-0.25, -0.2) is 4.98 Å². The van der Waals surface area contributed by atoms with Gasteiger partial charge >= 0.3 is 0 Å². The summed E-state index contributed by atoms with van der Waals surface area (Å²) in [5, 5.41) is 0.705. The van der Waals surface area contributed by atoms with E-state index in [2.05, 4.69) is 38.7 Å². The zero-order valence-corrected chi connectivity index (χ0v) is 18.4. The lowest BCUT2D eigenvalue weighted by molar-refractivity contribution is 0.288. The van der Waals surface area contributed by atoms with E-state index in [1.807, 2.05) is 23.6 Å². The molecule has 5 nitrogen and oxygen atoms in total. The number of aromatic nitrogens is 2. The second-order valence-corrected chi connectivity index (χ2v) is 8.26. The summed E-state index contributed by atoms with van der Waals surface area (Å²) in [7, 11) is 1.67. The van der Waals surface area contributed by atoms with Crippen molar-refractivity contribution < 1.29 is 4.74 Å². The average Bonchev–Trinajstić information content (AvgIpc) is 3.00. The summed E-state index contributed by atoms with van der Waals surface area (Å²) in [5.41, 5.74) is 3.09. The molecule has 0 saturated heterocycles. The number of methoxy groups -OCH3 is 1. The van der Waals surface area contributed by atoms with Crippen LogP contribution in [-0.2, 0) is 6.54 Å². The molecule has 0 spiro atoms. The number of aryl methyl sites for hydroxylation is 3. The molecule has 28 heavy (non-hydrogen) atoms. The summed E-state index contributed by atoms with van der Waals surface area (Å²) in [6.45, 7) is 13.8. The number of thiophene rings is 1. The van der Waals surface area contributed by atoms with Crippen molar-refractivity contribution in [2.45, 2.75) is 41.2 Å². The molecule has 1 aromatic carbocycles. The van der Waals surface area contributed by atoms with E-state index < -0.39 is 0 Å². The van der Waals surface area contributed by atoms with E-state index in [1.54, 1.807) is 18.4 Å². The van der Waals surface area contributed by atoms with Gasteiger partial charge in [0, 0.05) is 29.1 Å². The van der Waals surface area contributed by atoms with Crippen LogP contribution in [0.2, 0.25) is 0 Å². The first-order chi connectivity index (χ1) is 13.4. The summed E-state index contributed by atoms with van der Waals surface area (Å²) in [6.07, 6.45) is 0. The van der Waals surface area contributed by atoms with Crippen LogP contribution in [0, 0.1) is 20.8 Å². The third kappa shape index (κ3) is 3.71. The Morgan fingerprint density at radius 1 is 1.18 bits per heavy atom. The first kappa shape index (κ1) is 20.6. The number of nitrogens with zero attached hydrogens (tertiary/aromatic N) is 3. The predicted molar refractivity (Wildman–Crippen MR) is 118 cm³/mol. The van der Waals surface area contributed by atoms with Gasteiger partial charge in [0.05, 0.1) is 12.5 Å². The monoisotopic (exact) mass is 399 g/mol. The predicted octanol–water partition coefficient (Wildman–Crippen LogP) is 4.40. The number of likely N-dealkylation sites (N-methyl/N-ethyl adjacent to an activating group) is 1. The van der Waals surface area contributed by atoms with Gasteiger partial charge in [-0.2, -0.15) is 0 Å². The molecular formula is C22H29N3O2S. The van der Waals surface area contributed by atoms with Crippen LogP contribution in [0.3, 0.4) is 0 Å². The summed E-state index contributed by atoms with van der Waals surface area (Å²) in [4.78, 5) is 22.5. The smallest absolute Gasteiger partial charge is 0.262 e. The number of benzene rings is 1. The summed E-state index contributed by atoms with van der Waals surface area (Å²) in [6, 6.07) is 6.08. The van der Waals surface area contributed by atoms with Gasteiger partial charge in [-0.05, 0) is 46.0 Å². The standard InChI is InChI=1S/C22H29N3O2S/c1-7-24(8-2)11-12-25-16(5)23-21-20(22(25)26)19(15(4)28-21)17-13-14(3)9-10-18(17)27-6/h9-10,13H,7-8,11-12H2,1-6H3. The molecule has 0 aliphatic rings. The van der Waals surface area contributed by atoms with Crippen LogP contribution in [0.1, 0.15) is 30.1 Å². The van der Waals surface area contributed by atoms with E-state index in [0.29, 0.717) is 11.9 Å². The zero-order valence-electron chi connectivity index (χ0n) is 17.6. The Morgan fingerprint density at radius 3 is 2.54 bits per heavy atom. The normalized spacial score (nSPS) is 11.5. The Balaban J connectivity index is 2.21. The Hall–Kier alpha value is -2.18. The molecule has 0 N–H and O–H groups in total. The van der Waals surface area contributed by atoms with Gasteiger partial charge in [0.2, 0.25) is 0 Å². The van der Waals surface area contributed by atoms with Crippen LogP contribution in [0.5, 0.6) is 5.75 Å². The van der Waals surface area contributed by atoms with Crippen molar-refractivity contribution in [3.8, 4) is 16.9 Å². The van der Waals surface area contributed by atoms with E-state index in [4.69, 9.17) is 9.72 Å². The molecule has 0 bridgehead atoms. The molecule has 150 valence electrons. The lowest BCUT2D eigenvalue weighted by Crippen LogP contribution is -2.32. The van der Waals surface area contributed by atoms with Crippen LogP contribution >= 0.6 is 11.3 Å². The molecule has 0 saturated carbocycles. The van der Waals surface area contributed by atoms with Gasteiger partial charge in [0.25, 0.3) is 5.56 Å². The van der Waals surface area contributed by atoms with Gasteiger partial charge in [0.15, 0.2) is 0 Å². The second kappa shape index (κ2) is 8.45. The number of fused-ring (bicyclic) bond motifs is 1. The Morgan fingerprint density at radius 2 is 1.89 bits per heavy atom. The highest BCUT2D eigenvalue weighted by Crippen LogP contribution is 2.40. The number of rotatable bonds is 7. The minimum atomic E-state index is 0.0394. The molecule has 0 unspecified atom stereocenters. The fourth-order valence-corrected chi connectivity index (χ4v) is 4.76. The molecule has 0 aliphatic carbocycles. The van der Waals surface area contributed by atoms with Crippen LogP contribution in [0.4, 0.5) is 0 Å². The van der Waals surface area contributed by atoms with Crippen molar-refractivity contribution in [1.82, 2.24) is 14.5 Å². The molecule has 0 amide bonds. The zero-order chi connectivity index (χ0) is 20.4. The summed E-state index contributed by atoms with van der Waals surface area (Å²) < 4.78 is 7.42. The fourth-order valence-electron chi connectivity index (χ4n) is 3.68. The maximum atomic E-state index is 13.5. The Bertz CT molecular complexity index is 1050. The van der Waals surface area contributed by atoms with E-state index in [9.17, 15) is 4.79 Å². The molecular weight excluding hydrogens is 370 g/mol. The fraction of sp³-hybridized carbons (Fsp3) is 0.455. The number of hydrogen-bond donors (Lipinski definition) is 0.